The number of amides is 1. The molecule has 0 saturated heterocycles. The molecule has 0 aliphatic carbocycles. The molecule has 0 fully saturated rings. The average molecular weight is 423 g/mol. The minimum atomic E-state index is -0.516. The van der Waals surface area contributed by atoms with Gasteiger partial charge in [0.05, 0.1) is 29.8 Å². The van der Waals surface area contributed by atoms with Gasteiger partial charge in [-0.05, 0) is 24.1 Å². The number of rotatable bonds is 6. The zero-order chi connectivity index (χ0) is 21.1. The fraction of sp³-hybridized carbons (Fsp3) is 0.150. The molecule has 1 aromatic carbocycles. The lowest BCUT2D eigenvalue weighted by atomic mass is 10.0. The van der Waals surface area contributed by atoms with Crippen LogP contribution in [0.3, 0.4) is 0 Å². The molecule has 2 N–H and O–H groups in total. The molecule has 10 heteroatoms. The number of aryl methyl sites for hydroxylation is 2. The Kier molecular flexibility index (Phi) is 5.48. The van der Waals surface area contributed by atoms with E-state index in [2.05, 4.69) is 30.7 Å². The second-order valence-electron chi connectivity index (χ2n) is 6.61. The second kappa shape index (κ2) is 8.37. The maximum Gasteiger partial charge on any atom is 0.263 e. The highest BCUT2D eigenvalue weighted by Crippen LogP contribution is 2.25. The van der Waals surface area contributed by atoms with Gasteiger partial charge in [0.1, 0.15) is 10.6 Å². The lowest BCUT2D eigenvalue weighted by molar-refractivity contribution is 0.0954. The third kappa shape index (κ3) is 4.33. The first-order valence-electron chi connectivity index (χ1n) is 9.04. The molecule has 0 radical (unpaired) electrons. The van der Waals surface area contributed by atoms with E-state index in [1.807, 2.05) is 19.1 Å². The summed E-state index contributed by atoms with van der Waals surface area (Å²) in [4.78, 5) is 24.9. The van der Waals surface area contributed by atoms with E-state index in [9.17, 15) is 9.18 Å². The van der Waals surface area contributed by atoms with Crippen LogP contribution < -0.4 is 10.6 Å². The number of thiazole rings is 1. The van der Waals surface area contributed by atoms with Crippen molar-refractivity contribution in [1.82, 2.24) is 30.0 Å². The molecule has 0 spiro atoms. The van der Waals surface area contributed by atoms with Crippen LogP contribution in [0.2, 0.25) is 0 Å². The number of hydrogen-bond donors (Lipinski definition) is 2. The fourth-order valence-electron chi connectivity index (χ4n) is 2.88. The molecule has 8 nitrogen and oxygen atoms in total. The topological polar surface area (TPSA) is 97.6 Å². The van der Waals surface area contributed by atoms with E-state index in [-0.39, 0.29) is 17.5 Å². The largest absolute Gasteiger partial charge is 0.347 e. The number of halogens is 1. The summed E-state index contributed by atoms with van der Waals surface area (Å²) in [5.74, 6) is -0.413. The van der Waals surface area contributed by atoms with Crippen molar-refractivity contribution in [3.63, 3.8) is 0 Å². The van der Waals surface area contributed by atoms with Gasteiger partial charge in [-0.1, -0.05) is 12.1 Å². The summed E-state index contributed by atoms with van der Waals surface area (Å²) in [5.41, 5.74) is 4.98. The third-order valence-electron chi connectivity index (χ3n) is 4.42. The van der Waals surface area contributed by atoms with Gasteiger partial charge < -0.3 is 10.6 Å². The number of nitrogens with zero attached hydrogens (tertiary/aromatic N) is 5. The molecule has 0 saturated carbocycles. The van der Waals surface area contributed by atoms with Crippen molar-refractivity contribution in [2.75, 3.05) is 5.32 Å². The zero-order valence-electron chi connectivity index (χ0n) is 16.3. The van der Waals surface area contributed by atoms with Gasteiger partial charge in [-0.25, -0.2) is 14.4 Å². The summed E-state index contributed by atoms with van der Waals surface area (Å²) in [7, 11) is 1.80. The van der Waals surface area contributed by atoms with Crippen LogP contribution in [0, 0.1) is 12.7 Å². The molecule has 4 aromatic rings. The fourth-order valence-corrected chi connectivity index (χ4v) is 3.41. The van der Waals surface area contributed by atoms with Crippen molar-refractivity contribution in [3.05, 3.63) is 70.3 Å². The summed E-state index contributed by atoms with van der Waals surface area (Å²) in [6, 6.07) is 5.47. The number of benzene rings is 1. The Morgan fingerprint density at radius 3 is 2.83 bits per heavy atom. The molecular formula is C20H18FN7OS. The molecule has 3 aromatic heterocycles. The van der Waals surface area contributed by atoms with Crippen LogP contribution in [-0.2, 0) is 13.6 Å². The molecule has 0 atom stereocenters. The minimum Gasteiger partial charge on any atom is -0.347 e. The first-order chi connectivity index (χ1) is 14.5. The average Bonchev–Trinajstić information content (AvgIpc) is 3.40. The highest BCUT2D eigenvalue weighted by atomic mass is 32.1. The van der Waals surface area contributed by atoms with Gasteiger partial charge in [0.15, 0.2) is 5.82 Å². The number of hydrogen-bond acceptors (Lipinski definition) is 7. The van der Waals surface area contributed by atoms with E-state index < -0.39 is 5.82 Å². The number of nitrogens with one attached hydrogen (secondary N) is 2. The normalized spacial score (nSPS) is 10.8. The number of aromatic nitrogens is 5. The van der Waals surface area contributed by atoms with Gasteiger partial charge in [-0.15, -0.1) is 11.3 Å². The highest BCUT2D eigenvalue weighted by Gasteiger charge is 2.13. The van der Waals surface area contributed by atoms with Crippen LogP contribution in [0.1, 0.15) is 20.8 Å². The Morgan fingerprint density at radius 2 is 2.13 bits per heavy atom. The van der Waals surface area contributed by atoms with Crippen molar-refractivity contribution in [2.45, 2.75) is 13.5 Å². The first-order valence-corrected chi connectivity index (χ1v) is 9.92. The van der Waals surface area contributed by atoms with E-state index >= 15 is 0 Å². The van der Waals surface area contributed by atoms with Crippen molar-refractivity contribution < 1.29 is 9.18 Å². The van der Waals surface area contributed by atoms with E-state index in [0.717, 1.165) is 17.3 Å². The molecule has 0 aliphatic heterocycles. The maximum absolute atomic E-state index is 14.4. The number of anilines is 2. The van der Waals surface area contributed by atoms with Crippen molar-refractivity contribution >= 4 is 28.9 Å². The molecule has 3 heterocycles. The molecule has 152 valence electrons. The number of carbonyl (C=O) groups excluding carboxylic acids is 1. The Morgan fingerprint density at radius 1 is 1.27 bits per heavy atom. The predicted octanol–water partition coefficient (Wildman–Crippen LogP) is 3.45. The summed E-state index contributed by atoms with van der Waals surface area (Å²) in [5, 5.41) is 9.95. The standard InChI is InChI=1S/C20H18FN7OS/c1-12-5-13(3-4-14(12)6-23-19(29)17-9-22-11-30-17)18-16(21)8-24-20(27-18)26-15-7-25-28(2)10-15/h3-5,7-11H,6H2,1-2H3,(H,23,29)(H,24,26,27). The summed E-state index contributed by atoms with van der Waals surface area (Å²) < 4.78 is 16.1. The summed E-state index contributed by atoms with van der Waals surface area (Å²) in [6.07, 6.45) is 6.07. The highest BCUT2D eigenvalue weighted by molar-refractivity contribution is 7.11. The van der Waals surface area contributed by atoms with Gasteiger partial charge in [0.2, 0.25) is 5.95 Å². The lowest BCUT2D eigenvalue weighted by Crippen LogP contribution is -2.22. The molecule has 0 unspecified atom stereocenters. The van der Waals surface area contributed by atoms with Crippen LogP contribution in [0.15, 0.2) is 48.5 Å². The predicted molar refractivity (Wildman–Crippen MR) is 112 cm³/mol. The molecule has 4 rings (SSSR count). The lowest BCUT2D eigenvalue weighted by Gasteiger charge is -2.11. The van der Waals surface area contributed by atoms with Gasteiger partial charge in [-0.3, -0.25) is 14.5 Å². The Bertz CT molecular complexity index is 1190. The van der Waals surface area contributed by atoms with Crippen molar-refractivity contribution in [3.8, 4) is 11.3 Å². The SMILES string of the molecule is Cc1cc(-c2nc(Nc3cnn(C)c3)ncc2F)ccc1CNC(=O)c1cncs1. The van der Waals surface area contributed by atoms with Crippen LogP contribution >= 0.6 is 11.3 Å². The van der Waals surface area contributed by atoms with Gasteiger partial charge in [0.25, 0.3) is 5.91 Å². The molecule has 1 amide bonds. The third-order valence-corrected chi connectivity index (χ3v) is 5.19. The van der Waals surface area contributed by atoms with Gasteiger partial charge >= 0.3 is 0 Å². The minimum absolute atomic E-state index is 0.172. The Balaban J connectivity index is 1.52. The van der Waals surface area contributed by atoms with Gasteiger partial charge in [0, 0.05) is 25.4 Å². The Labute approximate surface area is 175 Å². The van der Waals surface area contributed by atoms with E-state index in [1.165, 1.54) is 17.5 Å². The second-order valence-corrected chi connectivity index (χ2v) is 7.49. The first kappa shape index (κ1) is 19.6. The number of carbonyl (C=O) groups is 1. The quantitative estimate of drug-likeness (QED) is 0.493. The summed E-state index contributed by atoms with van der Waals surface area (Å²) in [6.45, 7) is 2.27. The smallest absolute Gasteiger partial charge is 0.263 e. The van der Waals surface area contributed by atoms with Crippen LogP contribution in [0.25, 0.3) is 11.3 Å². The van der Waals surface area contributed by atoms with Gasteiger partial charge in [-0.2, -0.15) is 5.10 Å². The molecular weight excluding hydrogens is 405 g/mol. The van der Waals surface area contributed by atoms with Crippen molar-refractivity contribution in [2.24, 2.45) is 7.05 Å². The van der Waals surface area contributed by atoms with Crippen LogP contribution in [-0.4, -0.2) is 30.6 Å². The Hall–Kier alpha value is -3.66. The maximum atomic E-state index is 14.4. The zero-order valence-corrected chi connectivity index (χ0v) is 17.1. The van der Waals surface area contributed by atoms with Crippen LogP contribution in [0.4, 0.5) is 16.0 Å². The van der Waals surface area contributed by atoms with E-state index in [0.29, 0.717) is 22.7 Å². The monoisotopic (exact) mass is 423 g/mol. The van der Waals surface area contributed by atoms with E-state index in [1.54, 1.807) is 35.7 Å². The molecule has 30 heavy (non-hydrogen) atoms. The molecule has 0 aliphatic rings. The summed E-state index contributed by atoms with van der Waals surface area (Å²) >= 11 is 1.28. The van der Waals surface area contributed by atoms with Crippen LogP contribution in [0.5, 0.6) is 0 Å². The molecule has 0 bridgehead atoms. The van der Waals surface area contributed by atoms with Crippen molar-refractivity contribution in [1.29, 1.82) is 0 Å². The van der Waals surface area contributed by atoms with E-state index in [4.69, 9.17) is 0 Å².